The first kappa shape index (κ1) is 13.8. The summed E-state index contributed by atoms with van der Waals surface area (Å²) in [5.41, 5.74) is 0.186. The van der Waals surface area contributed by atoms with Crippen molar-refractivity contribution < 1.29 is 22.4 Å². The highest BCUT2D eigenvalue weighted by Crippen LogP contribution is 2.29. The second kappa shape index (κ2) is 5.32. The van der Waals surface area contributed by atoms with Crippen LogP contribution in [0, 0.1) is 0 Å². The van der Waals surface area contributed by atoms with Crippen molar-refractivity contribution in [1.82, 2.24) is 20.4 Å². The van der Waals surface area contributed by atoms with Crippen LogP contribution in [0.25, 0.3) is 11.5 Å². The Balaban J connectivity index is 1.73. The van der Waals surface area contributed by atoms with Gasteiger partial charge in [0.1, 0.15) is 17.5 Å². The number of nitrogens with one attached hydrogen (secondary N) is 1. The topological polar surface area (TPSA) is 73.1 Å². The van der Waals surface area contributed by atoms with E-state index in [0.717, 1.165) is 19.5 Å². The third kappa shape index (κ3) is 3.13. The number of rotatable bonds is 3. The summed E-state index contributed by atoms with van der Waals surface area (Å²) in [4.78, 5) is 7.26. The van der Waals surface area contributed by atoms with Gasteiger partial charge in [0.2, 0.25) is 5.82 Å². The van der Waals surface area contributed by atoms with E-state index in [4.69, 9.17) is 4.74 Å². The van der Waals surface area contributed by atoms with Crippen LogP contribution in [0.15, 0.2) is 22.9 Å². The van der Waals surface area contributed by atoms with Crippen LogP contribution in [0.4, 0.5) is 13.2 Å². The summed E-state index contributed by atoms with van der Waals surface area (Å²) in [7, 11) is 0. The Hall–Kier alpha value is -2.16. The standard InChI is InChI=1S/C12H11F3N4O2/c13-12(14,15)11-18-10(19-21-11)9-2-1-7(6-17-9)20-8-3-4-16-5-8/h1-2,6,8,16H,3-5H2/t8-/m0/s1. The van der Waals surface area contributed by atoms with Gasteiger partial charge in [-0.3, -0.25) is 0 Å². The molecule has 1 aliphatic rings. The molecule has 0 amide bonds. The van der Waals surface area contributed by atoms with Gasteiger partial charge in [-0.2, -0.15) is 18.2 Å². The Kier molecular flexibility index (Phi) is 3.50. The number of alkyl halides is 3. The predicted molar refractivity (Wildman–Crippen MR) is 64.4 cm³/mol. The maximum Gasteiger partial charge on any atom is 0.471 e. The van der Waals surface area contributed by atoms with Gasteiger partial charge in [0, 0.05) is 6.54 Å². The number of hydrogen-bond acceptors (Lipinski definition) is 6. The first-order chi connectivity index (χ1) is 10.0. The molecule has 0 radical (unpaired) electrons. The van der Waals surface area contributed by atoms with E-state index in [1.165, 1.54) is 12.3 Å². The molecule has 21 heavy (non-hydrogen) atoms. The number of hydrogen-bond donors (Lipinski definition) is 1. The predicted octanol–water partition coefficient (Wildman–Crippen LogP) is 1.89. The number of pyridine rings is 1. The fourth-order valence-electron chi connectivity index (χ4n) is 1.95. The van der Waals surface area contributed by atoms with E-state index in [1.807, 2.05) is 0 Å². The minimum absolute atomic E-state index is 0.0830. The van der Waals surface area contributed by atoms with Crippen molar-refractivity contribution in [3.05, 3.63) is 24.2 Å². The smallest absolute Gasteiger partial charge is 0.471 e. The van der Waals surface area contributed by atoms with E-state index in [1.54, 1.807) is 6.07 Å². The highest BCUT2D eigenvalue weighted by atomic mass is 19.4. The zero-order valence-corrected chi connectivity index (χ0v) is 10.7. The summed E-state index contributed by atoms with van der Waals surface area (Å²) in [6, 6.07) is 3.10. The molecule has 1 N–H and O–H groups in total. The first-order valence-corrected chi connectivity index (χ1v) is 6.27. The summed E-state index contributed by atoms with van der Waals surface area (Å²) >= 11 is 0. The maximum absolute atomic E-state index is 12.4. The fraction of sp³-hybridized carbons (Fsp3) is 0.417. The van der Waals surface area contributed by atoms with Gasteiger partial charge in [0.15, 0.2) is 0 Å². The molecule has 6 nitrogen and oxygen atoms in total. The van der Waals surface area contributed by atoms with Crippen LogP contribution in [0.1, 0.15) is 12.3 Å². The van der Waals surface area contributed by atoms with Gasteiger partial charge in [-0.1, -0.05) is 5.16 Å². The molecule has 9 heteroatoms. The van der Waals surface area contributed by atoms with Crippen molar-refractivity contribution in [3.63, 3.8) is 0 Å². The van der Waals surface area contributed by atoms with E-state index in [9.17, 15) is 13.2 Å². The van der Waals surface area contributed by atoms with E-state index < -0.39 is 12.1 Å². The molecule has 0 spiro atoms. The Morgan fingerprint density at radius 1 is 1.33 bits per heavy atom. The van der Waals surface area contributed by atoms with Crippen molar-refractivity contribution in [2.75, 3.05) is 13.1 Å². The highest BCUT2D eigenvalue weighted by molar-refractivity contribution is 5.48. The van der Waals surface area contributed by atoms with Gasteiger partial charge >= 0.3 is 12.1 Å². The third-order valence-corrected chi connectivity index (χ3v) is 2.95. The molecule has 1 atom stereocenters. The molecule has 0 aromatic carbocycles. The summed E-state index contributed by atoms with van der Waals surface area (Å²) in [5, 5.41) is 6.43. The summed E-state index contributed by atoms with van der Waals surface area (Å²) in [5.74, 6) is -1.06. The minimum Gasteiger partial charge on any atom is -0.487 e. The molecular weight excluding hydrogens is 289 g/mol. The lowest BCUT2D eigenvalue weighted by Crippen LogP contribution is -2.19. The second-order valence-corrected chi connectivity index (χ2v) is 4.53. The average molecular weight is 300 g/mol. The summed E-state index contributed by atoms with van der Waals surface area (Å²) in [6.07, 6.45) is -2.25. The molecule has 1 fully saturated rings. The van der Waals surface area contributed by atoms with Gasteiger partial charge in [0.05, 0.1) is 6.20 Å². The molecule has 0 bridgehead atoms. The molecule has 2 aromatic heterocycles. The molecule has 112 valence electrons. The van der Waals surface area contributed by atoms with Crippen LogP contribution in [-0.4, -0.2) is 34.3 Å². The Labute approximate surface area is 117 Å². The lowest BCUT2D eigenvalue weighted by Gasteiger charge is -2.11. The van der Waals surface area contributed by atoms with Crippen molar-refractivity contribution >= 4 is 0 Å². The average Bonchev–Trinajstić information content (AvgIpc) is 3.09. The molecule has 3 heterocycles. The van der Waals surface area contributed by atoms with Gasteiger partial charge in [0.25, 0.3) is 0 Å². The molecule has 0 aliphatic carbocycles. The van der Waals surface area contributed by atoms with Crippen molar-refractivity contribution in [3.8, 4) is 17.3 Å². The van der Waals surface area contributed by atoms with Crippen molar-refractivity contribution in [1.29, 1.82) is 0 Å². The van der Waals surface area contributed by atoms with Crippen LogP contribution in [-0.2, 0) is 6.18 Å². The van der Waals surface area contributed by atoms with Gasteiger partial charge in [-0.05, 0) is 25.1 Å². The lowest BCUT2D eigenvalue weighted by atomic mass is 10.3. The maximum atomic E-state index is 12.4. The number of halogens is 3. The van der Waals surface area contributed by atoms with Crippen molar-refractivity contribution in [2.45, 2.75) is 18.7 Å². The van der Waals surface area contributed by atoms with E-state index in [-0.39, 0.29) is 17.6 Å². The Morgan fingerprint density at radius 2 is 2.19 bits per heavy atom. The molecule has 1 aliphatic heterocycles. The zero-order chi connectivity index (χ0) is 14.9. The largest absolute Gasteiger partial charge is 0.487 e. The quantitative estimate of drug-likeness (QED) is 0.933. The van der Waals surface area contributed by atoms with Gasteiger partial charge in [-0.15, -0.1) is 0 Å². The minimum atomic E-state index is -4.66. The van der Waals surface area contributed by atoms with Crippen LogP contribution >= 0.6 is 0 Å². The Morgan fingerprint density at radius 3 is 2.76 bits per heavy atom. The van der Waals surface area contributed by atoms with Crippen LogP contribution < -0.4 is 10.1 Å². The second-order valence-electron chi connectivity index (χ2n) is 4.53. The number of ether oxygens (including phenoxy) is 1. The van der Waals surface area contributed by atoms with Crippen LogP contribution in [0.2, 0.25) is 0 Å². The first-order valence-electron chi connectivity index (χ1n) is 6.27. The lowest BCUT2D eigenvalue weighted by molar-refractivity contribution is -0.159. The van der Waals surface area contributed by atoms with Gasteiger partial charge < -0.3 is 14.6 Å². The third-order valence-electron chi connectivity index (χ3n) is 2.95. The fourth-order valence-corrected chi connectivity index (χ4v) is 1.95. The number of aromatic nitrogens is 3. The van der Waals surface area contributed by atoms with Gasteiger partial charge in [-0.25, -0.2) is 4.98 Å². The van der Waals surface area contributed by atoms with E-state index in [0.29, 0.717) is 5.75 Å². The normalized spacial score (nSPS) is 18.9. The van der Waals surface area contributed by atoms with Crippen molar-refractivity contribution in [2.24, 2.45) is 0 Å². The molecule has 1 saturated heterocycles. The van der Waals surface area contributed by atoms with Crippen LogP contribution in [0.3, 0.4) is 0 Å². The molecule has 0 saturated carbocycles. The highest BCUT2D eigenvalue weighted by Gasteiger charge is 2.38. The molecule has 0 unspecified atom stereocenters. The molecule has 3 rings (SSSR count). The van der Waals surface area contributed by atoms with E-state index >= 15 is 0 Å². The molecular formula is C12H11F3N4O2. The number of nitrogens with zero attached hydrogens (tertiary/aromatic N) is 3. The monoisotopic (exact) mass is 300 g/mol. The van der Waals surface area contributed by atoms with E-state index in [2.05, 4.69) is 25.0 Å². The molecule has 2 aromatic rings. The zero-order valence-electron chi connectivity index (χ0n) is 10.7. The summed E-state index contributed by atoms with van der Waals surface area (Å²) < 4.78 is 46.9. The van der Waals surface area contributed by atoms with Crippen LogP contribution in [0.5, 0.6) is 5.75 Å². The summed E-state index contributed by atoms with van der Waals surface area (Å²) in [6.45, 7) is 1.67. The Bertz CT molecular complexity index is 606. The SMILES string of the molecule is FC(F)(F)c1nc(-c2ccc(O[C@H]3CCNC3)cn2)no1.